The molecule has 0 spiro atoms. The van der Waals surface area contributed by atoms with Crippen molar-refractivity contribution in [2.45, 2.75) is 51.7 Å². The number of rotatable bonds is 3. The average Bonchev–Trinajstić information content (AvgIpc) is 2.04. The molecule has 76 valence electrons. The number of carbonyl (C=O) groups excluding carboxylic acids is 1. The highest BCUT2D eigenvalue weighted by molar-refractivity contribution is 5.73. The molecule has 0 bridgehead atoms. The van der Waals surface area contributed by atoms with E-state index in [4.69, 9.17) is 4.74 Å². The van der Waals surface area contributed by atoms with Crippen LogP contribution in [-0.2, 0) is 9.53 Å². The lowest BCUT2D eigenvalue weighted by atomic mass is 9.93. The van der Waals surface area contributed by atoms with E-state index >= 15 is 0 Å². The number of ether oxygens (including phenoxy) is 1. The summed E-state index contributed by atoms with van der Waals surface area (Å²) in [4.78, 5) is 10.8. The van der Waals surface area contributed by atoms with Crippen molar-refractivity contribution in [3.05, 3.63) is 0 Å². The molecule has 0 aromatic heterocycles. The Labute approximate surface area is 79.8 Å². The molecule has 1 aliphatic rings. The molecule has 3 heteroatoms. The SMILES string of the molecule is CCO[C@H]1CCC[C@@H](NC(C)=O)C1. The van der Waals surface area contributed by atoms with E-state index < -0.39 is 0 Å². The zero-order chi connectivity index (χ0) is 9.68. The van der Waals surface area contributed by atoms with Crippen LogP contribution in [0.25, 0.3) is 0 Å². The molecular weight excluding hydrogens is 166 g/mol. The maximum Gasteiger partial charge on any atom is 0.217 e. The summed E-state index contributed by atoms with van der Waals surface area (Å²) in [5.41, 5.74) is 0. The van der Waals surface area contributed by atoms with E-state index in [-0.39, 0.29) is 5.91 Å². The Kier molecular flexibility index (Phi) is 4.22. The van der Waals surface area contributed by atoms with Crippen LogP contribution in [0.3, 0.4) is 0 Å². The van der Waals surface area contributed by atoms with E-state index in [2.05, 4.69) is 5.32 Å². The third-order valence-corrected chi connectivity index (χ3v) is 2.44. The lowest BCUT2D eigenvalue weighted by molar-refractivity contribution is -0.120. The molecule has 2 atom stereocenters. The van der Waals surface area contributed by atoms with Crippen molar-refractivity contribution < 1.29 is 9.53 Å². The van der Waals surface area contributed by atoms with Crippen molar-refractivity contribution >= 4 is 5.91 Å². The number of amides is 1. The van der Waals surface area contributed by atoms with E-state index in [1.165, 1.54) is 0 Å². The van der Waals surface area contributed by atoms with Crippen LogP contribution in [0.2, 0.25) is 0 Å². The molecule has 0 heterocycles. The van der Waals surface area contributed by atoms with Crippen LogP contribution >= 0.6 is 0 Å². The van der Waals surface area contributed by atoms with Gasteiger partial charge in [0.15, 0.2) is 0 Å². The predicted octanol–water partition coefficient (Wildman–Crippen LogP) is 1.47. The van der Waals surface area contributed by atoms with Gasteiger partial charge < -0.3 is 10.1 Å². The fourth-order valence-corrected chi connectivity index (χ4v) is 1.95. The van der Waals surface area contributed by atoms with E-state index in [1.807, 2.05) is 6.92 Å². The fourth-order valence-electron chi connectivity index (χ4n) is 1.95. The summed E-state index contributed by atoms with van der Waals surface area (Å²) in [5.74, 6) is 0.0714. The van der Waals surface area contributed by atoms with Crippen LogP contribution in [0.15, 0.2) is 0 Å². The molecular formula is C10H19NO2. The molecule has 1 aliphatic carbocycles. The first kappa shape index (κ1) is 10.5. The molecule has 1 rings (SSSR count). The maximum atomic E-state index is 10.8. The molecule has 0 aliphatic heterocycles. The topological polar surface area (TPSA) is 38.3 Å². The number of nitrogens with one attached hydrogen (secondary N) is 1. The minimum absolute atomic E-state index is 0.0714. The van der Waals surface area contributed by atoms with Gasteiger partial charge in [-0.3, -0.25) is 4.79 Å². The molecule has 3 nitrogen and oxygen atoms in total. The molecule has 13 heavy (non-hydrogen) atoms. The molecule has 1 saturated carbocycles. The third kappa shape index (κ3) is 3.77. The summed E-state index contributed by atoms with van der Waals surface area (Å²) in [7, 11) is 0. The second-order valence-corrected chi connectivity index (χ2v) is 3.64. The third-order valence-electron chi connectivity index (χ3n) is 2.44. The fraction of sp³-hybridized carbons (Fsp3) is 0.900. The van der Waals surface area contributed by atoms with Crippen LogP contribution in [0.4, 0.5) is 0 Å². The first-order chi connectivity index (χ1) is 6.22. The van der Waals surface area contributed by atoms with Crippen LogP contribution in [0.5, 0.6) is 0 Å². The van der Waals surface area contributed by atoms with Gasteiger partial charge in [0.1, 0.15) is 0 Å². The normalized spacial score (nSPS) is 28.5. The monoisotopic (exact) mass is 185 g/mol. The first-order valence-corrected chi connectivity index (χ1v) is 5.11. The summed E-state index contributed by atoms with van der Waals surface area (Å²) in [6.45, 7) is 4.36. The maximum absolute atomic E-state index is 10.8. The predicted molar refractivity (Wildman–Crippen MR) is 51.5 cm³/mol. The van der Waals surface area contributed by atoms with Gasteiger partial charge in [-0.1, -0.05) is 0 Å². The van der Waals surface area contributed by atoms with E-state index in [0.717, 1.165) is 32.3 Å². The van der Waals surface area contributed by atoms with Gasteiger partial charge in [0, 0.05) is 19.6 Å². The van der Waals surface area contributed by atoms with Gasteiger partial charge in [-0.2, -0.15) is 0 Å². The van der Waals surface area contributed by atoms with Crippen LogP contribution in [0, 0.1) is 0 Å². The largest absolute Gasteiger partial charge is 0.378 e. The second-order valence-electron chi connectivity index (χ2n) is 3.64. The van der Waals surface area contributed by atoms with E-state index in [1.54, 1.807) is 6.92 Å². The Morgan fingerprint density at radius 3 is 2.92 bits per heavy atom. The number of hydrogen-bond donors (Lipinski definition) is 1. The van der Waals surface area contributed by atoms with E-state index in [0.29, 0.717) is 12.1 Å². The Morgan fingerprint density at radius 1 is 1.54 bits per heavy atom. The highest BCUT2D eigenvalue weighted by Crippen LogP contribution is 2.20. The summed E-state index contributed by atoms with van der Waals surface area (Å²) < 4.78 is 5.54. The lowest BCUT2D eigenvalue weighted by Crippen LogP contribution is -2.39. The Hall–Kier alpha value is -0.570. The standard InChI is InChI=1S/C10H19NO2/c1-3-13-10-6-4-5-9(7-10)11-8(2)12/h9-10H,3-7H2,1-2H3,(H,11,12)/t9-,10+/m1/s1. The Bertz CT molecular complexity index is 168. The number of carbonyl (C=O) groups is 1. The molecule has 1 N–H and O–H groups in total. The van der Waals surface area contributed by atoms with Gasteiger partial charge in [0.25, 0.3) is 0 Å². The molecule has 0 aromatic rings. The van der Waals surface area contributed by atoms with Gasteiger partial charge in [0.05, 0.1) is 6.10 Å². The van der Waals surface area contributed by atoms with Crippen molar-refractivity contribution in [2.24, 2.45) is 0 Å². The summed E-state index contributed by atoms with van der Waals surface area (Å²) in [6.07, 6.45) is 4.74. The minimum Gasteiger partial charge on any atom is -0.378 e. The van der Waals surface area contributed by atoms with Crippen molar-refractivity contribution in [3.63, 3.8) is 0 Å². The van der Waals surface area contributed by atoms with Crippen molar-refractivity contribution in [2.75, 3.05) is 6.61 Å². The Balaban J connectivity index is 2.28. The summed E-state index contributed by atoms with van der Waals surface area (Å²) >= 11 is 0. The minimum atomic E-state index is 0.0714. The zero-order valence-electron chi connectivity index (χ0n) is 8.51. The Morgan fingerprint density at radius 2 is 2.31 bits per heavy atom. The smallest absolute Gasteiger partial charge is 0.217 e. The zero-order valence-corrected chi connectivity index (χ0v) is 8.51. The number of hydrogen-bond acceptors (Lipinski definition) is 2. The highest BCUT2D eigenvalue weighted by atomic mass is 16.5. The van der Waals surface area contributed by atoms with Gasteiger partial charge in [0.2, 0.25) is 5.91 Å². The lowest BCUT2D eigenvalue weighted by Gasteiger charge is -2.29. The first-order valence-electron chi connectivity index (χ1n) is 5.11. The average molecular weight is 185 g/mol. The van der Waals surface area contributed by atoms with Crippen LogP contribution in [0.1, 0.15) is 39.5 Å². The van der Waals surface area contributed by atoms with Crippen molar-refractivity contribution in [1.29, 1.82) is 0 Å². The summed E-state index contributed by atoms with van der Waals surface area (Å²) in [6, 6.07) is 0.336. The van der Waals surface area contributed by atoms with Gasteiger partial charge in [-0.15, -0.1) is 0 Å². The molecule has 0 radical (unpaired) electrons. The highest BCUT2D eigenvalue weighted by Gasteiger charge is 2.22. The van der Waals surface area contributed by atoms with Gasteiger partial charge in [-0.05, 0) is 32.6 Å². The van der Waals surface area contributed by atoms with Crippen LogP contribution < -0.4 is 5.32 Å². The van der Waals surface area contributed by atoms with Crippen LogP contribution in [-0.4, -0.2) is 24.7 Å². The van der Waals surface area contributed by atoms with Gasteiger partial charge in [-0.25, -0.2) is 0 Å². The van der Waals surface area contributed by atoms with Crippen molar-refractivity contribution in [1.82, 2.24) is 5.32 Å². The van der Waals surface area contributed by atoms with E-state index in [9.17, 15) is 4.79 Å². The quantitative estimate of drug-likeness (QED) is 0.723. The molecule has 0 saturated heterocycles. The van der Waals surface area contributed by atoms with Gasteiger partial charge >= 0.3 is 0 Å². The molecule has 1 amide bonds. The molecule has 1 fully saturated rings. The second kappa shape index (κ2) is 5.22. The summed E-state index contributed by atoms with van der Waals surface area (Å²) in [5, 5.41) is 2.95. The van der Waals surface area contributed by atoms with Crippen molar-refractivity contribution in [3.8, 4) is 0 Å². The molecule has 0 aromatic carbocycles. The molecule has 0 unspecified atom stereocenters.